The Balaban J connectivity index is 1.32. The average Bonchev–Trinajstić information content (AvgIpc) is 3.59. The second-order valence-corrected chi connectivity index (χ2v) is 8.16. The van der Waals surface area contributed by atoms with Gasteiger partial charge in [0, 0.05) is 44.6 Å². The van der Waals surface area contributed by atoms with Crippen molar-refractivity contribution in [2.24, 2.45) is 0 Å². The molecule has 3 aromatic rings. The Morgan fingerprint density at radius 2 is 1.84 bits per heavy atom. The Bertz CT molecular complexity index is 1120. The minimum absolute atomic E-state index is 0.0756. The van der Waals surface area contributed by atoms with Crippen molar-refractivity contribution in [1.29, 1.82) is 0 Å². The Morgan fingerprint density at radius 1 is 1.06 bits per heavy atom. The summed E-state index contributed by atoms with van der Waals surface area (Å²) in [5.41, 5.74) is 0.857. The number of hydrogen-bond acceptors (Lipinski definition) is 7. The van der Waals surface area contributed by atoms with Crippen LogP contribution in [0, 0.1) is 6.92 Å². The van der Waals surface area contributed by atoms with Crippen LogP contribution >= 0.6 is 0 Å². The minimum atomic E-state index is -0.738. The van der Waals surface area contributed by atoms with Crippen LogP contribution in [0.15, 0.2) is 34.9 Å². The number of carbonyl (C=O) groups excluding carboxylic acids is 2. The zero-order valence-electron chi connectivity index (χ0n) is 18.0. The van der Waals surface area contributed by atoms with Crippen molar-refractivity contribution in [2.45, 2.75) is 45.2 Å². The minimum Gasteiger partial charge on any atom is -0.340 e. The van der Waals surface area contributed by atoms with Crippen LogP contribution < -0.4 is 0 Å². The lowest BCUT2D eigenvalue weighted by Gasteiger charge is -2.36. The summed E-state index contributed by atoms with van der Waals surface area (Å²) in [6, 6.07) is 8.80. The van der Waals surface area contributed by atoms with E-state index in [1.807, 2.05) is 46.7 Å². The van der Waals surface area contributed by atoms with E-state index in [2.05, 4.69) is 20.3 Å². The maximum absolute atomic E-state index is 13.3. The van der Waals surface area contributed by atoms with Crippen LogP contribution in [0.3, 0.4) is 0 Å². The first-order valence-corrected chi connectivity index (χ1v) is 11.0. The van der Waals surface area contributed by atoms with Crippen LogP contribution in [-0.2, 0) is 22.6 Å². The highest BCUT2D eigenvalue weighted by atomic mass is 16.5. The number of rotatable bonds is 5. The van der Waals surface area contributed by atoms with Crippen molar-refractivity contribution < 1.29 is 14.1 Å². The normalized spacial score (nSPS) is 18.1. The van der Waals surface area contributed by atoms with Crippen molar-refractivity contribution >= 4 is 11.8 Å². The van der Waals surface area contributed by atoms with E-state index in [1.165, 1.54) is 0 Å². The fourth-order valence-electron chi connectivity index (χ4n) is 4.39. The van der Waals surface area contributed by atoms with Crippen LogP contribution in [0.25, 0.3) is 11.4 Å². The molecule has 1 atom stereocenters. The van der Waals surface area contributed by atoms with Crippen molar-refractivity contribution in [3.63, 3.8) is 0 Å². The fraction of sp³-hybridized carbons (Fsp3) is 0.455. The van der Waals surface area contributed by atoms with Crippen LogP contribution in [0.5, 0.6) is 0 Å². The predicted octanol–water partition coefficient (Wildman–Crippen LogP) is 1.78. The van der Waals surface area contributed by atoms with Gasteiger partial charge in [-0.15, -0.1) is 10.2 Å². The van der Waals surface area contributed by atoms with E-state index in [9.17, 15) is 9.59 Å². The van der Waals surface area contributed by atoms with Gasteiger partial charge in [-0.3, -0.25) is 9.59 Å². The number of amides is 2. The van der Waals surface area contributed by atoms with E-state index >= 15 is 0 Å². The first kappa shape index (κ1) is 20.3. The maximum atomic E-state index is 13.3. The molecule has 5 rings (SSSR count). The third-order valence-corrected chi connectivity index (χ3v) is 6.11. The van der Waals surface area contributed by atoms with Gasteiger partial charge in [-0.25, -0.2) is 0 Å². The van der Waals surface area contributed by atoms with Crippen LogP contribution in [0.2, 0.25) is 0 Å². The van der Waals surface area contributed by atoms with Gasteiger partial charge in [0.05, 0.1) is 0 Å². The van der Waals surface area contributed by atoms with Crippen LogP contribution in [0.4, 0.5) is 0 Å². The summed E-state index contributed by atoms with van der Waals surface area (Å²) in [5, 5.41) is 12.4. The number of carbonyl (C=O) groups is 2. The number of aromatic nitrogens is 5. The zero-order valence-corrected chi connectivity index (χ0v) is 18.0. The molecule has 2 aliphatic rings. The molecule has 0 N–H and O–H groups in total. The van der Waals surface area contributed by atoms with Gasteiger partial charge in [-0.2, -0.15) is 4.98 Å². The van der Waals surface area contributed by atoms with E-state index in [0.717, 1.165) is 24.2 Å². The van der Waals surface area contributed by atoms with Crippen molar-refractivity contribution in [3.05, 3.63) is 47.9 Å². The molecule has 0 aliphatic carbocycles. The standard InChI is InChI=1S/C22H25N7O3/c1-15-24-25-21-19(22(31)27-11-5-6-12-27)29(14-13-28(15)21)18(30)10-9-17-23-20(26-32-17)16-7-3-2-4-8-16/h2-4,7-8,19H,5-6,9-14H2,1H3. The molecule has 166 valence electrons. The van der Waals surface area contributed by atoms with Gasteiger partial charge in [0.1, 0.15) is 5.82 Å². The molecular weight excluding hydrogens is 410 g/mol. The van der Waals surface area contributed by atoms with Gasteiger partial charge < -0.3 is 18.9 Å². The Morgan fingerprint density at radius 3 is 2.62 bits per heavy atom. The molecule has 0 bridgehead atoms. The monoisotopic (exact) mass is 435 g/mol. The number of fused-ring (bicyclic) bond motifs is 1. The number of nitrogens with zero attached hydrogens (tertiary/aromatic N) is 7. The highest BCUT2D eigenvalue weighted by molar-refractivity contribution is 5.88. The Hall–Kier alpha value is -3.56. The molecule has 10 nitrogen and oxygen atoms in total. The molecule has 2 amide bonds. The first-order chi connectivity index (χ1) is 15.6. The fourth-order valence-corrected chi connectivity index (χ4v) is 4.39. The lowest BCUT2D eigenvalue weighted by atomic mass is 10.1. The summed E-state index contributed by atoms with van der Waals surface area (Å²) < 4.78 is 7.28. The van der Waals surface area contributed by atoms with Gasteiger partial charge in [0.25, 0.3) is 5.91 Å². The van der Waals surface area contributed by atoms with Crippen molar-refractivity contribution in [1.82, 2.24) is 34.7 Å². The Kier molecular flexibility index (Phi) is 5.42. The van der Waals surface area contributed by atoms with E-state index in [1.54, 1.807) is 4.90 Å². The van der Waals surface area contributed by atoms with E-state index in [4.69, 9.17) is 4.52 Å². The lowest BCUT2D eigenvalue weighted by Crippen LogP contribution is -2.49. The number of aryl methyl sites for hydroxylation is 2. The number of likely N-dealkylation sites (tertiary alicyclic amines) is 1. The van der Waals surface area contributed by atoms with Gasteiger partial charge >= 0.3 is 0 Å². The molecule has 32 heavy (non-hydrogen) atoms. The van der Waals surface area contributed by atoms with E-state index < -0.39 is 6.04 Å². The third-order valence-electron chi connectivity index (χ3n) is 6.11. The summed E-state index contributed by atoms with van der Waals surface area (Å²) in [6.45, 7) is 4.31. The van der Waals surface area contributed by atoms with E-state index in [-0.39, 0.29) is 18.2 Å². The number of benzene rings is 1. The molecule has 1 aromatic carbocycles. The second-order valence-electron chi connectivity index (χ2n) is 8.16. The summed E-state index contributed by atoms with van der Waals surface area (Å²) in [7, 11) is 0. The molecular formula is C22H25N7O3. The first-order valence-electron chi connectivity index (χ1n) is 11.0. The summed E-state index contributed by atoms with van der Waals surface area (Å²) >= 11 is 0. The second kappa shape index (κ2) is 8.52. The van der Waals surface area contributed by atoms with Gasteiger partial charge in [-0.1, -0.05) is 35.5 Å². The maximum Gasteiger partial charge on any atom is 0.253 e. The molecule has 10 heteroatoms. The average molecular weight is 435 g/mol. The molecule has 0 radical (unpaired) electrons. The molecule has 0 spiro atoms. The third kappa shape index (κ3) is 3.76. The quantitative estimate of drug-likeness (QED) is 0.601. The van der Waals surface area contributed by atoms with Crippen LogP contribution in [0.1, 0.15) is 42.8 Å². The summed E-state index contributed by atoms with van der Waals surface area (Å²) in [4.78, 5) is 34.4. The van der Waals surface area contributed by atoms with Crippen molar-refractivity contribution in [3.8, 4) is 11.4 Å². The molecule has 0 saturated carbocycles. The molecule has 1 unspecified atom stereocenters. The Labute approximate surface area is 185 Å². The SMILES string of the molecule is Cc1nnc2n1CCN(C(=O)CCc1nc(-c3ccccc3)no1)C2C(=O)N1CCCC1. The smallest absolute Gasteiger partial charge is 0.253 e. The predicted molar refractivity (Wildman–Crippen MR) is 113 cm³/mol. The summed E-state index contributed by atoms with van der Waals surface area (Å²) in [5.74, 6) is 1.99. The largest absolute Gasteiger partial charge is 0.340 e. The zero-order chi connectivity index (χ0) is 22.1. The summed E-state index contributed by atoms with van der Waals surface area (Å²) in [6.07, 6.45) is 2.46. The highest BCUT2D eigenvalue weighted by Gasteiger charge is 2.41. The molecule has 1 saturated heterocycles. The molecule has 1 fully saturated rings. The number of hydrogen-bond donors (Lipinski definition) is 0. The molecule has 2 aliphatic heterocycles. The van der Waals surface area contributed by atoms with Gasteiger partial charge in [0.2, 0.25) is 17.6 Å². The van der Waals surface area contributed by atoms with Gasteiger partial charge in [-0.05, 0) is 19.8 Å². The van der Waals surface area contributed by atoms with Crippen molar-refractivity contribution in [2.75, 3.05) is 19.6 Å². The topological polar surface area (TPSA) is 110 Å². The van der Waals surface area contributed by atoms with E-state index in [0.29, 0.717) is 50.1 Å². The lowest BCUT2D eigenvalue weighted by molar-refractivity contribution is -0.147. The van der Waals surface area contributed by atoms with Crippen LogP contribution in [-0.4, -0.2) is 66.2 Å². The molecule has 4 heterocycles. The van der Waals surface area contributed by atoms with Gasteiger partial charge in [0.15, 0.2) is 11.9 Å². The molecule has 2 aromatic heterocycles. The highest BCUT2D eigenvalue weighted by Crippen LogP contribution is 2.29.